The maximum atomic E-state index is 6.34. The molecule has 2 heteroatoms. The molecule has 0 aromatic carbocycles. The minimum atomic E-state index is 0.316. The minimum absolute atomic E-state index is 0.316. The van der Waals surface area contributed by atoms with Crippen LogP contribution in [-0.2, 0) is 0 Å². The van der Waals surface area contributed by atoms with E-state index in [1.165, 1.54) is 31.2 Å². The Balaban J connectivity index is 1.77. The zero-order valence-electron chi connectivity index (χ0n) is 8.36. The number of thiophene rings is 1. The van der Waals surface area contributed by atoms with Gasteiger partial charge in [0, 0.05) is 6.04 Å². The summed E-state index contributed by atoms with van der Waals surface area (Å²) in [4.78, 5) is 0. The molecule has 0 amide bonds. The zero-order chi connectivity index (χ0) is 9.54. The zero-order valence-corrected chi connectivity index (χ0v) is 9.17. The lowest BCUT2D eigenvalue weighted by molar-refractivity contribution is 0.285. The molecule has 2 aliphatic carbocycles. The second-order valence-electron chi connectivity index (χ2n) is 4.92. The minimum Gasteiger partial charge on any atom is -0.324 e. The molecule has 0 saturated heterocycles. The molecule has 0 aliphatic heterocycles. The second kappa shape index (κ2) is 3.35. The van der Waals surface area contributed by atoms with E-state index in [1.807, 2.05) is 0 Å². The fourth-order valence-electron chi connectivity index (χ4n) is 3.45. The maximum absolute atomic E-state index is 6.34. The highest BCUT2D eigenvalue weighted by Crippen LogP contribution is 2.52. The molecular weight excluding hydrogens is 190 g/mol. The summed E-state index contributed by atoms with van der Waals surface area (Å²) in [7, 11) is 0. The molecule has 2 bridgehead atoms. The van der Waals surface area contributed by atoms with Crippen LogP contribution in [0.4, 0.5) is 0 Å². The van der Waals surface area contributed by atoms with Gasteiger partial charge in [-0.3, -0.25) is 0 Å². The highest BCUT2D eigenvalue weighted by molar-refractivity contribution is 7.07. The Morgan fingerprint density at radius 3 is 2.86 bits per heavy atom. The van der Waals surface area contributed by atoms with Gasteiger partial charge in [0.05, 0.1) is 0 Å². The molecule has 76 valence electrons. The van der Waals surface area contributed by atoms with Crippen molar-refractivity contribution < 1.29 is 0 Å². The quantitative estimate of drug-likeness (QED) is 0.792. The van der Waals surface area contributed by atoms with Crippen LogP contribution in [0, 0.1) is 17.8 Å². The summed E-state index contributed by atoms with van der Waals surface area (Å²) in [6, 6.07) is 2.51. The number of rotatable bonds is 2. The molecule has 1 nitrogen and oxygen atoms in total. The first-order chi connectivity index (χ1) is 6.84. The average Bonchev–Trinajstić information content (AvgIpc) is 2.93. The number of hydrogen-bond donors (Lipinski definition) is 1. The van der Waals surface area contributed by atoms with Gasteiger partial charge < -0.3 is 5.73 Å². The van der Waals surface area contributed by atoms with Crippen molar-refractivity contribution in [3.8, 4) is 0 Å². The van der Waals surface area contributed by atoms with Crippen molar-refractivity contribution in [2.24, 2.45) is 23.5 Å². The second-order valence-corrected chi connectivity index (χ2v) is 5.70. The van der Waals surface area contributed by atoms with E-state index < -0.39 is 0 Å². The van der Waals surface area contributed by atoms with Crippen molar-refractivity contribution in [2.75, 3.05) is 0 Å². The normalized spacial score (nSPS) is 37.6. The fourth-order valence-corrected chi connectivity index (χ4v) is 4.15. The number of nitrogens with two attached hydrogens (primary N) is 1. The smallest absolute Gasteiger partial charge is 0.0334 e. The van der Waals surface area contributed by atoms with E-state index in [2.05, 4.69) is 16.8 Å². The number of fused-ring (bicyclic) bond motifs is 2. The molecule has 3 rings (SSSR count). The van der Waals surface area contributed by atoms with Crippen molar-refractivity contribution in [3.63, 3.8) is 0 Å². The summed E-state index contributed by atoms with van der Waals surface area (Å²) in [6.45, 7) is 0. The summed E-state index contributed by atoms with van der Waals surface area (Å²) >= 11 is 1.77. The maximum Gasteiger partial charge on any atom is 0.0334 e. The monoisotopic (exact) mass is 207 g/mol. The summed E-state index contributed by atoms with van der Waals surface area (Å²) in [5, 5.41) is 4.36. The highest BCUT2D eigenvalue weighted by Gasteiger charge is 2.42. The van der Waals surface area contributed by atoms with Gasteiger partial charge >= 0.3 is 0 Å². The van der Waals surface area contributed by atoms with Crippen LogP contribution in [0.2, 0.25) is 0 Å². The first kappa shape index (κ1) is 8.93. The first-order valence-corrected chi connectivity index (χ1v) is 6.56. The van der Waals surface area contributed by atoms with Gasteiger partial charge in [-0.2, -0.15) is 11.3 Å². The van der Waals surface area contributed by atoms with Crippen molar-refractivity contribution in [2.45, 2.75) is 31.7 Å². The van der Waals surface area contributed by atoms with Crippen LogP contribution in [0.5, 0.6) is 0 Å². The van der Waals surface area contributed by atoms with E-state index in [0.29, 0.717) is 6.04 Å². The third-order valence-corrected chi connectivity index (χ3v) is 4.88. The molecule has 2 N–H and O–H groups in total. The molecule has 2 aliphatic rings. The predicted molar refractivity (Wildman–Crippen MR) is 60.2 cm³/mol. The van der Waals surface area contributed by atoms with Crippen molar-refractivity contribution >= 4 is 11.3 Å². The van der Waals surface area contributed by atoms with Gasteiger partial charge in [-0.15, -0.1) is 0 Å². The average molecular weight is 207 g/mol. The van der Waals surface area contributed by atoms with Crippen LogP contribution < -0.4 is 5.73 Å². The van der Waals surface area contributed by atoms with Crippen LogP contribution in [0.25, 0.3) is 0 Å². The van der Waals surface area contributed by atoms with Gasteiger partial charge in [-0.1, -0.05) is 6.42 Å². The molecular formula is C12H17NS. The number of hydrogen-bond acceptors (Lipinski definition) is 2. The molecule has 1 aromatic rings. The molecule has 2 saturated carbocycles. The van der Waals surface area contributed by atoms with Gasteiger partial charge in [0.15, 0.2) is 0 Å². The topological polar surface area (TPSA) is 26.0 Å². The van der Waals surface area contributed by atoms with E-state index in [9.17, 15) is 0 Å². The largest absolute Gasteiger partial charge is 0.324 e. The summed E-state index contributed by atoms with van der Waals surface area (Å²) < 4.78 is 0. The van der Waals surface area contributed by atoms with Gasteiger partial charge in [-0.25, -0.2) is 0 Å². The Hall–Kier alpha value is -0.340. The van der Waals surface area contributed by atoms with E-state index >= 15 is 0 Å². The molecule has 0 radical (unpaired) electrons. The molecule has 4 atom stereocenters. The highest BCUT2D eigenvalue weighted by atomic mass is 32.1. The predicted octanol–water partition coefficient (Wildman–Crippen LogP) is 3.18. The summed E-state index contributed by atoms with van der Waals surface area (Å²) in [5.41, 5.74) is 7.71. The van der Waals surface area contributed by atoms with Crippen LogP contribution in [0.1, 0.15) is 37.3 Å². The molecule has 1 aromatic heterocycles. The lowest BCUT2D eigenvalue weighted by Gasteiger charge is -2.27. The lowest BCUT2D eigenvalue weighted by Crippen LogP contribution is -2.25. The van der Waals surface area contributed by atoms with E-state index in [0.717, 1.165) is 17.8 Å². The molecule has 4 unspecified atom stereocenters. The Bertz CT molecular complexity index is 306. The van der Waals surface area contributed by atoms with E-state index in [4.69, 9.17) is 5.73 Å². The standard InChI is InChI=1S/C12H17NS/c13-12(10-3-4-14-7-10)11-6-8-1-2-9(11)5-8/h3-4,7-9,11-12H,1-2,5-6,13H2. The Kier molecular flexibility index (Phi) is 2.14. The third kappa shape index (κ3) is 1.32. The third-order valence-electron chi connectivity index (χ3n) is 4.18. The summed E-state index contributed by atoms with van der Waals surface area (Å²) in [5.74, 6) is 2.73. The van der Waals surface area contributed by atoms with Crippen LogP contribution >= 0.6 is 11.3 Å². The van der Waals surface area contributed by atoms with Crippen molar-refractivity contribution in [3.05, 3.63) is 22.4 Å². The van der Waals surface area contributed by atoms with Gasteiger partial charge in [0.2, 0.25) is 0 Å². The molecule has 1 heterocycles. The fraction of sp³-hybridized carbons (Fsp3) is 0.667. The van der Waals surface area contributed by atoms with Crippen molar-refractivity contribution in [1.29, 1.82) is 0 Å². The van der Waals surface area contributed by atoms with Gasteiger partial charge in [0.1, 0.15) is 0 Å². The van der Waals surface area contributed by atoms with Crippen molar-refractivity contribution in [1.82, 2.24) is 0 Å². The Morgan fingerprint density at radius 2 is 2.29 bits per heavy atom. The van der Waals surface area contributed by atoms with Crippen LogP contribution in [-0.4, -0.2) is 0 Å². The Morgan fingerprint density at radius 1 is 1.36 bits per heavy atom. The van der Waals surface area contributed by atoms with Crippen LogP contribution in [0.3, 0.4) is 0 Å². The van der Waals surface area contributed by atoms with Crippen LogP contribution in [0.15, 0.2) is 16.8 Å². The lowest BCUT2D eigenvalue weighted by atomic mass is 9.81. The molecule has 14 heavy (non-hydrogen) atoms. The first-order valence-electron chi connectivity index (χ1n) is 5.62. The molecule has 0 spiro atoms. The SMILES string of the molecule is NC(c1ccsc1)C1CC2CCC1C2. The van der Waals surface area contributed by atoms with Gasteiger partial charge in [0.25, 0.3) is 0 Å². The van der Waals surface area contributed by atoms with E-state index in [-0.39, 0.29) is 0 Å². The van der Waals surface area contributed by atoms with Gasteiger partial charge in [-0.05, 0) is 59.4 Å². The summed E-state index contributed by atoms with van der Waals surface area (Å²) in [6.07, 6.45) is 5.76. The molecule has 2 fully saturated rings. The Labute approximate surface area is 89.3 Å². The van der Waals surface area contributed by atoms with E-state index in [1.54, 1.807) is 11.3 Å².